The summed E-state index contributed by atoms with van der Waals surface area (Å²) in [6.45, 7) is 3.22. The van der Waals surface area contributed by atoms with Gasteiger partial charge in [-0.1, -0.05) is 41.1 Å². The number of hydrogen-bond acceptors (Lipinski definition) is 6. The Labute approximate surface area is 188 Å². The Kier molecular flexibility index (Phi) is 6.73. The second-order valence-corrected chi connectivity index (χ2v) is 8.17. The number of ether oxygens (including phenoxy) is 2. The highest BCUT2D eigenvalue weighted by atomic mass is 16.5. The maximum absolute atomic E-state index is 12.8. The zero-order chi connectivity index (χ0) is 22.5. The molecule has 4 rings (SSSR count). The Morgan fingerprint density at radius 2 is 1.75 bits per heavy atom. The number of rotatable bonds is 10. The van der Waals surface area contributed by atoms with E-state index in [4.69, 9.17) is 14.0 Å². The minimum absolute atomic E-state index is 0.159. The second-order valence-electron chi connectivity index (χ2n) is 8.17. The molecular weight excluding hydrogens is 406 g/mol. The van der Waals surface area contributed by atoms with Crippen LogP contribution in [0.15, 0.2) is 47.0 Å². The van der Waals surface area contributed by atoms with Crippen LogP contribution < -0.4 is 9.47 Å². The van der Waals surface area contributed by atoms with E-state index in [2.05, 4.69) is 10.1 Å². The highest BCUT2D eigenvalue weighted by molar-refractivity contribution is 5.81. The molecule has 0 atom stereocenters. The van der Waals surface area contributed by atoms with Gasteiger partial charge in [-0.15, -0.1) is 0 Å². The number of hydrogen-bond donors (Lipinski definition) is 0. The van der Waals surface area contributed by atoms with Gasteiger partial charge in [0.15, 0.2) is 11.5 Å². The lowest BCUT2D eigenvalue weighted by molar-refractivity contribution is -0.132. The fourth-order valence-electron chi connectivity index (χ4n) is 3.63. The first kappa shape index (κ1) is 21.9. The van der Waals surface area contributed by atoms with Crippen molar-refractivity contribution in [2.75, 3.05) is 27.3 Å². The van der Waals surface area contributed by atoms with Gasteiger partial charge in [0.1, 0.15) is 0 Å². The van der Waals surface area contributed by atoms with Gasteiger partial charge in [-0.25, -0.2) is 0 Å². The Bertz CT molecular complexity index is 1060. The first-order valence-electron chi connectivity index (χ1n) is 11.0. The summed E-state index contributed by atoms with van der Waals surface area (Å²) >= 11 is 0. The van der Waals surface area contributed by atoms with Crippen LogP contribution in [0.1, 0.15) is 29.9 Å². The molecule has 0 bridgehead atoms. The number of aryl methyl sites for hydroxylation is 1. The van der Waals surface area contributed by atoms with Gasteiger partial charge >= 0.3 is 0 Å². The number of benzene rings is 2. The average Bonchev–Trinajstić information content (AvgIpc) is 3.57. The minimum atomic E-state index is 0.159. The maximum atomic E-state index is 12.8. The molecule has 0 aliphatic heterocycles. The SMILES string of the molecule is COc1ccc(CCN(CCc2nc(-c3ccc(C)cc3)no2)C(=O)C2CC2)cc1OC. The summed E-state index contributed by atoms with van der Waals surface area (Å²) in [7, 11) is 3.25. The van der Waals surface area contributed by atoms with E-state index in [0.717, 1.165) is 30.4 Å². The summed E-state index contributed by atoms with van der Waals surface area (Å²) in [6.07, 6.45) is 3.22. The van der Waals surface area contributed by atoms with Crippen molar-refractivity contribution in [3.63, 3.8) is 0 Å². The molecule has 1 aliphatic carbocycles. The van der Waals surface area contributed by atoms with E-state index in [-0.39, 0.29) is 11.8 Å². The van der Waals surface area contributed by atoms with Crippen LogP contribution in [0.25, 0.3) is 11.4 Å². The van der Waals surface area contributed by atoms with Crippen molar-refractivity contribution in [3.05, 3.63) is 59.5 Å². The van der Waals surface area contributed by atoms with E-state index in [1.165, 1.54) is 5.56 Å². The quantitative estimate of drug-likeness (QED) is 0.477. The predicted molar refractivity (Wildman–Crippen MR) is 121 cm³/mol. The average molecular weight is 436 g/mol. The van der Waals surface area contributed by atoms with E-state index >= 15 is 0 Å². The number of carbonyl (C=O) groups is 1. The molecule has 3 aromatic rings. The molecule has 7 nitrogen and oxygen atoms in total. The summed E-state index contributed by atoms with van der Waals surface area (Å²) < 4.78 is 16.2. The van der Waals surface area contributed by atoms with E-state index in [9.17, 15) is 4.79 Å². The molecule has 7 heteroatoms. The van der Waals surface area contributed by atoms with E-state index in [1.807, 2.05) is 54.3 Å². The Hall–Kier alpha value is -3.35. The largest absolute Gasteiger partial charge is 0.493 e. The molecule has 1 heterocycles. The molecule has 0 spiro atoms. The summed E-state index contributed by atoms with van der Waals surface area (Å²) in [5, 5.41) is 4.10. The number of methoxy groups -OCH3 is 2. The lowest BCUT2D eigenvalue weighted by Gasteiger charge is -2.22. The number of amides is 1. The lowest BCUT2D eigenvalue weighted by Crippen LogP contribution is -2.35. The zero-order valence-electron chi connectivity index (χ0n) is 18.8. The topological polar surface area (TPSA) is 77.7 Å². The molecular formula is C25H29N3O4. The first-order valence-corrected chi connectivity index (χ1v) is 11.0. The molecule has 168 valence electrons. The van der Waals surface area contributed by atoms with Gasteiger partial charge in [0.2, 0.25) is 17.6 Å². The van der Waals surface area contributed by atoms with E-state index in [1.54, 1.807) is 14.2 Å². The van der Waals surface area contributed by atoms with Crippen LogP contribution in [0, 0.1) is 12.8 Å². The van der Waals surface area contributed by atoms with Gasteiger partial charge in [0, 0.05) is 31.0 Å². The van der Waals surface area contributed by atoms with E-state index < -0.39 is 0 Å². The fraction of sp³-hybridized carbons (Fsp3) is 0.400. The van der Waals surface area contributed by atoms with Gasteiger partial charge in [0.25, 0.3) is 0 Å². The number of carbonyl (C=O) groups excluding carboxylic acids is 1. The van der Waals surface area contributed by atoms with Gasteiger partial charge in [0.05, 0.1) is 14.2 Å². The van der Waals surface area contributed by atoms with Gasteiger partial charge < -0.3 is 18.9 Å². The van der Waals surface area contributed by atoms with Crippen LogP contribution in [-0.2, 0) is 17.6 Å². The molecule has 0 radical (unpaired) electrons. The van der Waals surface area contributed by atoms with Crippen molar-refractivity contribution < 1.29 is 18.8 Å². The molecule has 1 aromatic heterocycles. The van der Waals surface area contributed by atoms with Crippen LogP contribution in [-0.4, -0.2) is 48.3 Å². The molecule has 2 aromatic carbocycles. The normalized spacial score (nSPS) is 13.1. The Morgan fingerprint density at radius 3 is 2.44 bits per heavy atom. The predicted octanol–water partition coefficient (Wildman–Crippen LogP) is 4.09. The summed E-state index contributed by atoms with van der Waals surface area (Å²) in [5.74, 6) is 2.88. The van der Waals surface area contributed by atoms with Crippen molar-refractivity contribution in [1.29, 1.82) is 0 Å². The molecule has 1 saturated carbocycles. The monoisotopic (exact) mass is 435 g/mol. The molecule has 1 fully saturated rings. The van der Waals surface area contributed by atoms with Crippen molar-refractivity contribution >= 4 is 5.91 Å². The second kappa shape index (κ2) is 9.85. The van der Waals surface area contributed by atoms with Crippen LogP contribution in [0.5, 0.6) is 11.5 Å². The smallest absolute Gasteiger partial charge is 0.228 e. The highest BCUT2D eigenvalue weighted by Crippen LogP contribution is 2.32. The Balaban J connectivity index is 1.39. The third-order valence-electron chi connectivity index (χ3n) is 5.73. The van der Waals surface area contributed by atoms with Crippen LogP contribution in [0.2, 0.25) is 0 Å². The maximum Gasteiger partial charge on any atom is 0.228 e. The van der Waals surface area contributed by atoms with Crippen molar-refractivity contribution in [2.45, 2.75) is 32.6 Å². The van der Waals surface area contributed by atoms with Crippen molar-refractivity contribution in [1.82, 2.24) is 15.0 Å². The fourth-order valence-corrected chi connectivity index (χ4v) is 3.63. The summed E-state index contributed by atoms with van der Waals surface area (Å²) in [4.78, 5) is 19.3. The molecule has 0 unspecified atom stereocenters. The highest BCUT2D eigenvalue weighted by Gasteiger charge is 2.33. The lowest BCUT2D eigenvalue weighted by atomic mass is 10.1. The molecule has 0 saturated heterocycles. The van der Waals surface area contributed by atoms with Crippen LogP contribution >= 0.6 is 0 Å². The zero-order valence-corrected chi connectivity index (χ0v) is 18.8. The molecule has 1 aliphatic rings. The molecule has 1 amide bonds. The third-order valence-corrected chi connectivity index (χ3v) is 5.73. The summed E-state index contributed by atoms with van der Waals surface area (Å²) in [5.41, 5.74) is 3.20. The van der Waals surface area contributed by atoms with Gasteiger partial charge in [-0.05, 0) is 43.9 Å². The molecule has 32 heavy (non-hydrogen) atoms. The standard InChI is InChI=1S/C25H29N3O4/c1-17-4-7-19(8-5-17)24-26-23(32-27-24)13-15-28(25(29)20-9-10-20)14-12-18-6-11-21(30-2)22(16-18)31-3/h4-8,11,16,20H,9-10,12-15H2,1-3H3. The number of aromatic nitrogens is 2. The van der Waals surface area contributed by atoms with Crippen LogP contribution in [0.3, 0.4) is 0 Å². The Morgan fingerprint density at radius 1 is 1.03 bits per heavy atom. The van der Waals surface area contributed by atoms with E-state index in [0.29, 0.717) is 42.7 Å². The number of nitrogens with zero attached hydrogens (tertiary/aromatic N) is 3. The first-order chi connectivity index (χ1) is 15.6. The third kappa shape index (κ3) is 5.28. The minimum Gasteiger partial charge on any atom is -0.493 e. The van der Waals surface area contributed by atoms with Crippen LogP contribution in [0.4, 0.5) is 0 Å². The van der Waals surface area contributed by atoms with Crippen molar-refractivity contribution in [2.24, 2.45) is 5.92 Å². The summed E-state index contributed by atoms with van der Waals surface area (Å²) in [6, 6.07) is 13.9. The molecule has 0 N–H and O–H groups in total. The van der Waals surface area contributed by atoms with Gasteiger partial charge in [-0.2, -0.15) is 4.98 Å². The van der Waals surface area contributed by atoms with Gasteiger partial charge in [-0.3, -0.25) is 4.79 Å². The van der Waals surface area contributed by atoms with Crippen molar-refractivity contribution in [3.8, 4) is 22.9 Å².